The van der Waals surface area contributed by atoms with Crippen LogP contribution in [0.5, 0.6) is 0 Å². The van der Waals surface area contributed by atoms with E-state index >= 15 is 0 Å². The van der Waals surface area contributed by atoms with Crippen LogP contribution in [0.3, 0.4) is 0 Å². The summed E-state index contributed by atoms with van der Waals surface area (Å²) < 4.78 is 5.92. The number of thioether (sulfide) groups is 1. The van der Waals surface area contributed by atoms with E-state index in [1.54, 1.807) is 28.8 Å². The molecule has 0 bridgehead atoms. The molecule has 3 rings (SSSR count). The summed E-state index contributed by atoms with van der Waals surface area (Å²) in [4.78, 5) is 28.8. The van der Waals surface area contributed by atoms with E-state index in [1.165, 1.54) is 0 Å². The zero-order chi connectivity index (χ0) is 21.1. The standard InChI is InChI=1S/C24H29NO3S/c1-23(2,3)21-25(20(26)19-13-9-6-10-14-19)24(15-16-29-4,22(27)28-21)17-18-11-7-5-8-12-18/h5-14,21H,15-17H2,1-4H3/t21-,24+/m1/s1. The third kappa shape index (κ3) is 4.35. The summed E-state index contributed by atoms with van der Waals surface area (Å²) in [6, 6.07) is 19.1. The van der Waals surface area contributed by atoms with Crippen molar-refractivity contribution in [3.05, 3.63) is 71.8 Å². The molecule has 2 atom stereocenters. The van der Waals surface area contributed by atoms with Gasteiger partial charge in [0.2, 0.25) is 0 Å². The number of nitrogens with zero attached hydrogens (tertiary/aromatic N) is 1. The molecule has 2 aromatic carbocycles. The Morgan fingerprint density at radius 2 is 1.66 bits per heavy atom. The van der Waals surface area contributed by atoms with Crippen molar-refractivity contribution in [1.82, 2.24) is 4.90 Å². The van der Waals surface area contributed by atoms with E-state index in [0.29, 0.717) is 18.4 Å². The van der Waals surface area contributed by atoms with Gasteiger partial charge in [-0.1, -0.05) is 69.3 Å². The molecule has 29 heavy (non-hydrogen) atoms. The molecule has 0 unspecified atom stereocenters. The predicted molar refractivity (Wildman–Crippen MR) is 118 cm³/mol. The number of amides is 1. The zero-order valence-electron chi connectivity index (χ0n) is 17.6. The number of ether oxygens (including phenoxy) is 1. The number of rotatable bonds is 6. The van der Waals surface area contributed by atoms with E-state index < -0.39 is 17.2 Å². The summed E-state index contributed by atoms with van der Waals surface area (Å²) in [7, 11) is 0. The van der Waals surface area contributed by atoms with E-state index in [4.69, 9.17) is 4.74 Å². The van der Waals surface area contributed by atoms with Gasteiger partial charge in [-0.05, 0) is 36.1 Å². The molecular weight excluding hydrogens is 382 g/mol. The maximum atomic E-state index is 13.7. The normalized spacial score (nSPS) is 21.9. The van der Waals surface area contributed by atoms with Crippen LogP contribution in [0.15, 0.2) is 60.7 Å². The fourth-order valence-electron chi connectivity index (χ4n) is 3.84. The van der Waals surface area contributed by atoms with Crippen LogP contribution in [0.2, 0.25) is 0 Å². The number of cyclic esters (lactones) is 1. The van der Waals surface area contributed by atoms with Crippen molar-refractivity contribution in [2.45, 2.75) is 45.4 Å². The average molecular weight is 412 g/mol. The fourth-order valence-corrected chi connectivity index (χ4v) is 4.39. The minimum absolute atomic E-state index is 0.159. The largest absolute Gasteiger partial charge is 0.439 e. The van der Waals surface area contributed by atoms with Gasteiger partial charge < -0.3 is 4.74 Å². The molecule has 0 aliphatic carbocycles. The van der Waals surface area contributed by atoms with Gasteiger partial charge >= 0.3 is 5.97 Å². The van der Waals surface area contributed by atoms with Crippen LogP contribution < -0.4 is 0 Å². The highest BCUT2D eigenvalue weighted by Crippen LogP contribution is 2.43. The van der Waals surface area contributed by atoms with Crippen LogP contribution in [0.4, 0.5) is 0 Å². The minimum Gasteiger partial charge on any atom is -0.439 e. The highest BCUT2D eigenvalue weighted by Gasteiger charge is 2.59. The van der Waals surface area contributed by atoms with Crippen LogP contribution in [0, 0.1) is 5.41 Å². The van der Waals surface area contributed by atoms with Crippen molar-refractivity contribution < 1.29 is 14.3 Å². The van der Waals surface area contributed by atoms with E-state index in [1.807, 2.05) is 75.6 Å². The van der Waals surface area contributed by atoms with Crippen molar-refractivity contribution in [1.29, 1.82) is 0 Å². The molecule has 154 valence electrons. The molecule has 0 radical (unpaired) electrons. The number of hydrogen-bond acceptors (Lipinski definition) is 4. The molecule has 0 saturated carbocycles. The molecule has 1 saturated heterocycles. The van der Waals surface area contributed by atoms with E-state index in [0.717, 1.165) is 11.3 Å². The van der Waals surface area contributed by atoms with Crippen molar-refractivity contribution in [2.75, 3.05) is 12.0 Å². The van der Waals surface area contributed by atoms with Crippen molar-refractivity contribution in [3.63, 3.8) is 0 Å². The second-order valence-electron chi connectivity index (χ2n) is 8.60. The third-order valence-corrected chi connectivity index (χ3v) is 5.95. The third-order valence-electron chi connectivity index (χ3n) is 5.33. The lowest BCUT2D eigenvalue weighted by Crippen LogP contribution is -2.57. The average Bonchev–Trinajstić information content (AvgIpc) is 3.00. The van der Waals surface area contributed by atoms with Crippen molar-refractivity contribution in [2.24, 2.45) is 5.41 Å². The summed E-state index contributed by atoms with van der Waals surface area (Å²) in [5, 5.41) is 0. The molecule has 5 heteroatoms. The monoisotopic (exact) mass is 411 g/mol. The number of benzene rings is 2. The fraction of sp³-hybridized carbons (Fsp3) is 0.417. The molecule has 2 aromatic rings. The maximum absolute atomic E-state index is 13.7. The summed E-state index contributed by atoms with van der Waals surface area (Å²) in [5.74, 6) is 0.296. The Kier molecular flexibility index (Phi) is 6.37. The molecule has 1 fully saturated rings. The first kappa shape index (κ1) is 21.4. The van der Waals surface area contributed by atoms with Gasteiger partial charge in [-0.15, -0.1) is 0 Å². The summed E-state index contributed by atoms with van der Waals surface area (Å²) in [5.41, 5.74) is 0.167. The molecular formula is C24H29NO3S. The van der Waals surface area contributed by atoms with Gasteiger partial charge in [0, 0.05) is 17.4 Å². The Hall–Kier alpha value is -2.27. The Bertz CT molecular complexity index is 847. The van der Waals surface area contributed by atoms with Gasteiger partial charge in [0.15, 0.2) is 6.23 Å². The Labute approximate surface area is 177 Å². The number of carbonyl (C=O) groups excluding carboxylic acids is 2. The highest BCUT2D eigenvalue weighted by atomic mass is 32.2. The molecule has 1 aliphatic heterocycles. The molecule has 1 amide bonds. The van der Waals surface area contributed by atoms with Gasteiger partial charge in [-0.25, -0.2) is 4.79 Å². The molecule has 0 aromatic heterocycles. The quantitative estimate of drug-likeness (QED) is 0.641. The molecule has 1 aliphatic rings. The van der Waals surface area contributed by atoms with Crippen LogP contribution in [-0.2, 0) is 16.0 Å². The lowest BCUT2D eigenvalue weighted by atomic mass is 9.84. The number of esters is 1. The molecule has 0 N–H and O–H groups in total. The first-order chi connectivity index (χ1) is 13.8. The molecule has 1 heterocycles. The van der Waals surface area contributed by atoms with Gasteiger partial charge in [-0.3, -0.25) is 9.69 Å². The summed E-state index contributed by atoms with van der Waals surface area (Å²) >= 11 is 1.67. The Morgan fingerprint density at radius 1 is 1.07 bits per heavy atom. The predicted octanol–water partition coefficient (Wildman–Crippen LogP) is 4.79. The highest BCUT2D eigenvalue weighted by molar-refractivity contribution is 7.98. The maximum Gasteiger partial charge on any atom is 0.334 e. The van der Waals surface area contributed by atoms with Crippen LogP contribution in [0.25, 0.3) is 0 Å². The second kappa shape index (κ2) is 8.62. The first-order valence-corrected chi connectivity index (χ1v) is 11.3. The van der Waals surface area contributed by atoms with Gasteiger partial charge in [0.1, 0.15) is 5.54 Å². The molecule has 0 spiro atoms. The van der Waals surface area contributed by atoms with Crippen LogP contribution in [0.1, 0.15) is 43.1 Å². The Balaban J connectivity index is 2.13. The number of carbonyl (C=O) groups is 2. The first-order valence-electron chi connectivity index (χ1n) is 9.92. The van der Waals surface area contributed by atoms with Gasteiger partial charge in [0.25, 0.3) is 5.91 Å². The van der Waals surface area contributed by atoms with E-state index in [9.17, 15) is 9.59 Å². The minimum atomic E-state index is -1.02. The van der Waals surface area contributed by atoms with E-state index in [-0.39, 0.29) is 11.9 Å². The second-order valence-corrected chi connectivity index (χ2v) is 9.59. The Morgan fingerprint density at radius 3 is 2.21 bits per heavy atom. The SMILES string of the molecule is CSCC[C@]1(Cc2ccccc2)C(=O)O[C@H](C(C)(C)C)N1C(=O)c1ccccc1. The van der Waals surface area contributed by atoms with Crippen molar-refractivity contribution in [3.8, 4) is 0 Å². The topological polar surface area (TPSA) is 46.6 Å². The zero-order valence-corrected chi connectivity index (χ0v) is 18.4. The smallest absolute Gasteiger partial charge is 0.334 e. The van der Waals surface area contributed by atoms with Gasteiger partial charge in [0.05, 0.1) is 0 Å². The van der Waals surface area contributed by atoms with Crippen molar-refractivity contribution >= 4 is 23.6 Å². The van der Waals surface area contributed by atoms with E-state index in [2.05, 4.69) is 0 Å². The van der Waals surface area contributed by atoms with Crippen LogP contribution in [-0.4, -0.2) is 40.6 Å². The summed E-state index contributed by atoms with van der Waals surface area (Å²) in [6.45, 7) is 6.01. The van der Waals surface area contributed by atoms with Gasteiger partial charge in [-0.2, -0.15) is 11.8 Å². The number of hydrogen-bond donors (Lipinski definition) is 0. The van der Waals surface area contributed by atoms with Crippen LogP contribution >= 0.6 is 11.8 Å². The lowest BCUT2D eigenvalue weighted by Gasteiger charge is -2.40. The molecule has 4 nitrogen and oxygen atoms in total. The summed E-state index contributed by atoms with van der Waals surface area (Å²) in [6.07, 6.45) is 2.39. The lowest BCUT2D eigenvalue weighted by molar-refractivity contribution is -0.149.